The van der Waals surface area contributed by atoms with Crippen LogP contribution in [0.5, 0.6) is 0 Å². The van der Waals surface area contributed by atoms with Crippen LogP contribution < -0.4 is 5.32 Å². The first-order chi connectivity index (χ1) is 13.2. The molecule has 0 fully saturated rings. The van der Waals surface area contributed by atoms with Crippen LogP contribution in [0.25, 0.3) is 5.65 Å². The summed E-state index contributed by atoms with van der Waals surface area (Å²) in [6, 6.07) is 11.0. The van der Waals surface area contributed by atoms with E-state index < -0.39 is 0 Å². The number of nitrogens with one attached hydrogen (secondary N) is 1. The lowest BCUT2D eigenvalue weighted by atomic mass is 10.2. The largest absolute Gasteiger partial charge is 0.361 e. The summed E-state index contributed by atoms with van der Waals surface area (Å²) >= 11 is 1.44. The molecule has 0 aliphatic carbocycles. The van der Waals surface area contributed by atoms with E-state index in [0.29, 0.717) is 22.2 Å². The predicted octanol–water partition coefficient (Wildman–Crippen LogP) is 2.64. The molecule has 0 aliphatic rings. The number of thioether (sulfide) groups is 1. The van der Waals surface area contributed by atoms with Gasteiger partial charge in [0.1, 0.15) is 10.8 Å². The Balaban J connectivity index is 1.45. The number of fused-ring (bicyclic) bond motifs is 1. The van der Waals surface area contributed by atoms with Crippen LogP contribution in [0.1, 0.15) is 27.6 Å². The highest BCUT2D eigenvalue weighted by Crippen LogP contribution is 2.24. The van der Waals surface area contributed by atoms with Crippen molar-refractivity contribution >= 4 is 23.3 Å². The number of carbonyl (C=O) groups excluding carboxylic acids is 1. The van der Waals surface area contributed by atoms with Crippen LogP contribution in [-0.4, -0.2) is 30.6 Å². The standard InChI is InChI=1S/C18H16N6O2S/c1-12-9-13(23-26-12)11-27-18-14(5-4-7-19-18)17(25)20-10-16-22-21-15-6-2-3-8-24(15)16/h2-9H,10-11H2,1H3,(H,20,25). The van der Waals surface area contributed by atoms with E-state index in [1.54, 1.807) is 18.3 Å². The molecule has 4 heterocycles. The van der Waals surface area contributed by atoms with Crippen molar-refractivity contribution in [3.63, 3.8) is 0 Å². The van der Waals surface area contributed by atoms with Crippen LogP contribution in [0.3, 0.4) is 0 Å². The molecule has 4 rings (SSSR count). The van der Waals surface area contributed by atoms with Crippen molar-refractivity contribution in [3.8, 4) is 0 Å². The molecule has 0 atom stereocenters. The minimum atomic E-state index is -0.213. The van der Waals surface area contributed by atoms with Gasteiger partial charge in [0.25, 0.3) is 5.91 Å². The third kappa shape index (κ3) is 3.82. The Morgan fingerprint density at radius 1 is 1.26 bits per heavy atom. The Morgan fingerprint density at radius 2 is 2.19 bits per heavy atom. The highest BCUT2D eigenvalue weighted by Gasteiger charge is 2.15. The highest BCUT2D eigenvalue weighted by atomic mass is 32.2. The van der Waals surface area contributed by atoms with Gasteiger partial charge < -0.3 is 9.84 Å². The first kappa shape index (κ1) is 17.2. The molecule has 4 aromatic rings. The number of carbonyl (C=O) groups is 1. The van der Waals surface area contributed by atoms with Crippen LogP contribution in [0.4, 0.5) is 0 Å². The maximum absolute atomic E-state index is 12.7. The van der Waals surface area contributed by atoms with Gasteiger partial charge in [-0.15, -0.1) is 10.2 Å². The molecule has 0 bridgehead atoms. The van der Waals surface area contributed by atoms with Crippen molar-refractivity contribution in [2.24, 2.45) is 0 Å². The van der Waals surface area contributed by atoms with Gasteiger partial charge in [-0.3, -0.25) is 9.20 Å². The van der Waals surface area contributed by atoms with E-state index in [4.69, 9.17) is 4.52 Å². The zero-order valence-corrected chi connectivity index (χ0v) is 15.3. The van der Waals surface area contributed by atoms with Gasteiger partial charge >= 0.3 is 0 Å². The summed E-state index contributed by atoms with van der Waals surface area (Å²) in [5.41, 5.74) is 2.06. The van der Waals surface area contributed by atoms with Crippen molar-refractivity contribution in [2.75, 3.05) is 0 Å². The van der Waals surface area contributed by atoms with E-state index in [2.05, 4.69) is 25.7 Å². The molecule has 27 heavy (non-hydrogen) atoms. The van der Waals surface area contributed by atoms with Crippen LogP contribution in [0, 0.1) is 6.92 Å². The minimum Gasteiger partial charge on any atom is -0.361 e. The van der Waals surface area contributed by atoms with E-state index in [0.717, 1.165) is 17.1 Å². The van der Waals surface area contributed by atoms with E-state index in [1.165, 1.54) is 11.8 Å². The van der Waals surface area contributed by atoms with Crippen LogP contribution >= 0.6 is 11.8 Å². The van der Waals surface area contributed by atoms with Crippen LogP contribution in [0.15, 0.2) is 58.3 Å². The SMILES string of the molecule is Cc1cc(CSc2ncccc2C(=O)NCc2nnc3ccccn23)no1. The summed E-state index contributed by atoms with van der Waals surface area (Å²) in [4.78, 5) is 17.0. The van der Waals surface area contributed by atoms with Gasteiger partial charge in [-0.2, -0.15) is 0 Å². The van der Waals surface area contributed by atoms with Crippen LogP contribution in [-0.2, 0) is 12.3 Å². The maximum Gasteiger partial charge on any atom is 0.254 e. The van der Waals surface area contributed by atoms with Crippen molar-refractivity contribution < 1.29 is 9.32 Å². The summed E-state index contributed by atoms with van der Waals surface area (Å²) in [6.07, 6.45) is 3.53. The summed E-state index contributed by atoms with van der Waals surface area (Å²) in [6.45, 7) is 2.11. The molecular formula is C18H16N6O2S. The number of aromatic nitrogens is 5. The monoisotopic (exact) mass is 380 g/mol. The second-order valence-corrected chi connectivity index (χ2v) is 6.77. The van der Waals surface area contributed by atoms with E-state index in [9.17, 15) is 4.79 Å². The summed E-state index contributed by atoms with van der Waals surface area (Å²) < 4.78 is 6.91. The van der Waals surface area contributed by atoms with Gasteiger partial charge in [-0.05, 0) is 31.2 Å². The Labute approximate surface area is 159 Å². The third-order valence-corrected chi connectivity index (χ3v) is 4.88. The van der Waals surface area contributed by atoms with Gasteiger partial charge in [0.2, 0.25) is 0 Å². The second-order valence-electron chi connectivity index (χ2n) is 5.80. The fourth-order valence-corrected chi connectivity index (χ4v) is 3.45. The lowest BCUT2D eigenvalue weighted by molar-refractivity contribution is 0.0946. The summed E-state index contributed by atoms with van der Waals surface area (Å²) in [5.74, 6) is 1.78. The summed E-state index contributed by atoms with van der Waals surface area (Å²) in [5, 5.41) is 15.7. The Kier molecular flexibility index (Phi) is 4.84. The molecule has 8 nitrogen and oxygen atoms in total. The van der Waals surface area contributed by atoms with E-state index >= 15 is 0 Å². The molecule has 0 spiro atoms. The summed E-state index contributed by atoms with van der Waals surface area (Å²) in [7, 11) is 0. The average Bonchev–Trinajstić information content (AvgIpc) is 3.30. The zero-order chi connectivity index (χ0) is 18.6. The molecule has 0 radical (unpaired) electrons. The third-order valence-electron chi connectivity index (χ3n) is 3.84. The lowest BCUT2D eigenvalue weighted by Crippen LogP contribution is -2.24. The van der Waals surface area contributed by atoms with E-state index in [1.807, 2.05) is 41.8 Å². The minimum absolute atomic E-state index is 0.213. The molecular weight excluding hydrogens is 364 g/mol. The average molecular weight is 380 g/mol. The maximum atomic E-state index is 12.7. The lowest BCUT2D eigenvalue weighted by Gasteiger charge is -2.08. The Bertz CT molecular complexity index is 1090. The molecule has 0 saturated heterocycles. The van der Waals surface area contributed by atoms with E-state index in [-0.39, 0.29) is 12.5 Å². The van der Waals surface area contributed by atoms with Gasteiger partial charge in [0, 0.05) is 24.2 Å². The van der Waals surface area contributed by atoms with Crippen LogP contribution in [0.2, 0.25) is 0 Å². The second kappa shape index (κ2) is 7.58. The predicted molar refractivity (Wildman–Crippen MR) is 99.2 cm³/mol. The normalized spacial score (nSPS) is 11.0. The van der Waals surface area contributed by atoms with Gasteiger partial charge in [-0.1, -0.05) is 23.0 Å². The molecule has 1 amide bonds. The molecule has 4 aromatic heterocycles. The zero-order valence-electron chi connectivity index (χ0n) is 14.5. The first-order valence-electron chi connectivity index (χ1n) is 8.27. The number of nitrogens with zero attached hydrogens (tertiary/aromatic N) is 5. The molecule has 1 N–H and O–H groups in total. The smallest absolute Gasteiger partial charge is 0.254 e. The fraction of sp³-hybridized carbons (Fsp3) is 0.167. The van der Waals surface area contributed by atoms with Gasteiger partial charge in [0.15, 0.2) is 11.5 Å². The Hall–Kier alpha value is -3.20. The van der Waals surface area contributed by atoms with Crippen molar-refractivity contribution in [1.29, 1.82) is 0 Å². The number of amides is 1. The fourth-order valence-electron chi connectivity index (χ4n) is 2.57. The van der Waals surface area contributed by atoms with Crippen molar-refractivity contribution in [3.05, 3.63) is 71.6 Å². The number of rotatable bonds is 6. The molecule has 0 unspecified atom stereocenters. The molecule has 0 saturated carbocycles. The number of hydrogen-bond donors (Lipinski definition) is 1. The quantitative estimate of drug-likeness (QED) is 0.513. The molecule has 136 valence electrons. The van der Waals surface area contributed by atoms with Gasteiger partial charge in [-0.25, -0.2) is 4.98 Å². The van der Waals surface area contributed by atoms with Crippen molar-refractivity contribution in [2.45, 2.75) is 24.2 Å². The Morgan fingerprint density at radius 3 is 3.04 bits per heavy atom. The molecule has 0 aliphatic heterocycles. The number of pyridine rings is 2. The highest BCUT2D eigenvalue weighted by molar-refractivity contribution is 7.98. The number of aryl methyl sites for hydroxylation is 1. The topological polar surface area (TPSA) is 98.2 Å². The van der Waals surface area contributed by atoms with Gasteiger partial charge in [0.05, 0.1) is 17.8 Å². The molecule has 0 aromatic carbocycles. The number of hydrogen-bond acceptors (Lipinski definition) is 7. The van der Waals surface area contributed by atoms with Crippen molar-refractivity contribution in [1.82, 2.24) is 30.1 Å². The first-order valence-corrected chi connectivity index (χ1v) is 9.26. The molecule has 9 heteroatoms.